The molecule has 0 bridgehead atoms. The lowest BCUT2D eigenvalue weighted by Gasteiger charge is -2.35. The molecule has 198 valence electrons. The van der Waals surface area contributed by atoms with Gasteiger partial charge in [-0.2, -0.15) is 13.2 Å². The van der Waals surface area contributed by atoms with E-state index in [2.05, 4.69) is 30.2 Å². The molecule has 1 aromatic carbocycles. The van der Waals surface area contributed by atoms with Crippen molar-refractivity contribution < 1.29 is 22.7 Å². The number of aromatic amines is 1. The van der Waals surface area contributed by atoms with E-state index in [1.54, 1.807) is 19.5 Å². The zero-order valence-electron chi connectivity index (χ0n) is 20.6. The van der Waals surface area contributed by atoms with E-state index in [0.29, 0.717) is 37.3 Å². The Kier molecular flexibility index (Phi) is 7.14. The lowest BCUT2D eigenvalue weighted by atomic mass is 10.1. The molecule has 0 spiro atoms. The molecule has 1 amide bonds. The van der Waals surface area contributed by atoms with E-state index in [0.717, 1.165) is 27.7 Å². The van der Waals surface area contributed by atoms with Crippen LogP contribution >= 0.6 is 0 Å². The van der Waals surface area contributed by atoms with Crippen molar-refractivity contribution in [1.82, 2.24) is 29.7 Å². The molecule has 1 fully saturated rings. The number of methoxy groups -OCH3 is 1. The number of carbonyl (C=O) groups excluding carboxylic acids is 1. The first-order chi connectivity index (χ1) is 18.3. The van der Waals surface area contributed by atoms with Gasteiger partial charge in [-0.1, -0.05) is 6.07 Å². The highest BCUT2D eigenvalue weighted by molar-refractivity contribution is 5.83. The Hall–Kier alpha value is -4.19. The molecule has 2 N–H and O–H groups in total. The summed E-state index contributed by atoms with van der Waals surface area (Å²) in [4.78, 5) is 31.7. The summed E-state index contributed by atoms with van der Waals surface area (Å²) in [7, 11) is 1.58. The maximum absolute atomic E-state index is 12.5. The average Bonchev–Trinajstić information content (AvgIpc) is 3.30. The highest BCUT2D eigenvalue weighted by Crippen LogP contribution is 2.26. The predicted molar refractivity (Wildman–Crippen MR) is 136 cm³/mol. The average molecular weight is 526 g/mol. The van der Waals surface area contributed by atoms with Gasteiger partial charge in [0.15, 0.2) is 0 Å². The van der Waals surface area contributed by atoms with Crippen molar-refractivity contribution in [2.75, 3.05) is 38.6 Å². The Morgan fingerprint density at radius 2 is 1.84 bits per heavy atom. The molecule has 5 rings (SSSR count). The molecule has 0 aliphatic carbocycles. The van der Waals surface area contributed by atoms with Gasteiger partial charge in [0, 0.05) is 56.7 Å². The van der Waals surface area contributed by atoms with E-state index >= 15 is 0 Å². The van der Waals surface area contributed by atoms with Gasteiger partial charge in [-0.25, -0.2) is 15.0 Å². The van der Waals surface area contributed by atoms with E-state index in [1.807, 2.05) is 42.5 Å². The van der Waals surface area contributed by atoms with Crippen molar-refractivity contribution in [3.05, 3.63) is 60.4 Å². The third-order valence-electron chi connectivity index (χ3n) is 6.31. The van der Waals surface area contributed by atoms with E-state index in [-0.39, 0.29) is 13.1 Å². The molecule has 0 saturated carbocycles. The summed E-state index contributed by atoms with van der Waals surface area (Å²) in [5.74, 6) is 0.841. The third-order valence-corrected chi connectivity index (χ3v) is 6.31. The quantitative estimate of drug-likeness (QED) is 0.370. The molecule has 1 aliphatic rings. The van der Waals surface area contributed by atoms with Crippen molar-refractivity contribution in [2.24, 2.45) is 0 Å². The molecule has 0 unspecified atom stereocenters. The lowest BCUT2D eigenvalue weighted by molar-refractivity contribution is -0.162. The fraction of sp³-hybridized carbons (Fsp3) is 0.308. The molecule has 1 aliphatic heterocycles. The number of benzene rings is 1. The van der Waals surface area contributed by atoms with Gasteiger partial charge in [0.05, 0.1) is 18.1 Å². The molecule has 38 heavy (non-hydrogen) atoms. The fourth-order valence-electron chi connectivity index (χ4n) is 4.38. The maximum atomic E-state index is 12.5. The summed E-state index contributed by atoms with van der Waals surface area (Å²) in [5.41, 5.74) is 4.59. The zero-order valence-corrected chi connectivity index (χ0v) is 20.6. The number of halogens is 3. The molecular formula is C26H26F3N7O2. The number of fused-ring (bicyclic) bond motifs is 1. The number of amides is 1. The molecule has 0 atom stereocenters. The van der Waals surface area contributed by atoms with Gasteiger partial charge in [-0.15, -0.1) is 0 Å². The van der Waals surface area contributed by atoms with Crippen LogP contribution in [-0.2, 0) is 11.3 Å². The molecule has 3 aromatic heterocycles. The minimum absolute atomic E-state index is 0.276. The molecule has 0 radical (unpaired) electrons. The van der Waals surface area contributed by atoms with Crippen molar-refractivity contribution >= 4 is 28.7 Å². The lowest BCUT2D eigenvalue weighted by Crippen LogP contribution is -2.49. The van der Waals surface area contributed by atoms with Crippen LogP contribution in [0, 0.1) is 0 Å². The van der Waals surface area contributed by atoms with Gasteiger partial charge in [0.2, 0.25) is 17.7 Å². The van der Waals surface area contributed by atoms with Gasteiger partial charge in [-0.05, 0) is 41.5 Å². The monoisotopic (exact) mass is 525 g/mol. The molecule has 1 saturated heterocycles. The number of H-pyrrole nitrogens is 1. The number of anilines is 2. The Labute approximate surface area is 216 Å². The van der Waals surface area contributed by atoms with Crippen LogP contribution in [0.5, 0.6) is 5.88 Å². The summed E-state index contributed by atoms with van der Waals surface area (Å²) < 4.78 is 42.6. The van der Waals surface area contributed by atoms with Crippen LogP contribution in [0.1, 0.15) is 12.0 Å². The van der Waals surface area contributed by atoms with Crippen LogP contribution in [-0.4, -0.2) is 75.1 Å². The number of alkyl halides is 3. The van der Waals surface area contributed by atoms with Gasteiger partial charge in [0.25, 0.3) is 0 Å². The van der Waals surface area contributed by atoms with Crippen molar-refractivity contribution in [1.29, 1.82) is 0 Å². The Morgan fingerprint density at radius 1 is 1.05 bits per heavy atom. The Balaban J connectivity index is 1.20. The summed E-state index contributed by atoms with van der Waals surface area (Å²) in [6.07, 6.45) is -2.44. The van der Waals surface area contributed by atoms with Crippen LogP contribution in [0.15, 0.2) is 54.9 Å². The summed E-state index contributed by atoms with van der Waals surface area (Å²) in [6.45, 7) is 2.16. The first kappa shape index (κ1) is 25.5. The molecule has 12 heteroatoms. The van der Waals surface area contributed by atoms with Gasteiger partial charge in [-0.3, -0.25) is 9.69 Å². The number of rotatable bonds is 7. The van der Waals surface area contributed by atoms with Crippen LogP contribution in [0.3, 0.4) is 0 Å². The van der Waals surface area contributed by atoms with Crippen LogP contribution in [0.2, 0.25) is 0 Å². The highest BCUT2D eigenvalue weighted by Gasteiger charge is 2.34. The van der Waals surface area contributed by atoms with E-state index < -0.39 is 18.5 Å². The second-order valence-corrected chi connectivity index (χ2v) is 9.03. The van der Waals surface area contributed by atoms with Gasteiger partial charge >= 0.3 is 6.18 Å². The molecule has 4 aromatic rings. The van der Waals surface area contributed by atoms with Crippen molar-refractivity contribution in [2.45, 2.75) is 19.1 Å². The summed E-state index contributed by atoms with van der Waals surface area (Å²) >= 11 is 0. The smallest absolute Gasteiger partial charge is 0.397 e. The van der Waals surface area contributed by atoms with E-state index in [9.17, 15) is 18.0 Å². The largest absolute Gasteiger partial charge is 0.481 e. The number of ether oxygens (including phenoxy) is 1. The second kappa shape index (κ2) is 10.7. The van der Waals surface area contributed by atoms with Crippen molar-refractivity contribution in [3.63, 3.8) is 0 Å². The van der Waals surface area contributed by atoms with E-state index in [1.165, 1.54) is 4.90 Å². The first-order valence-corrected chi connectivity index (χ1v) is 12.0. The second-order valence-electron chi connectivity index (χ2n) is 9.03. The minimum Gasteiger partial charge on any atom is -0.481 e. The summed E-state index contributed by atoms with van der Waals surface area (Å²) in [5, 5.41) is 3.20. The SMILES string of the molecule is COc1ccc(-c2ccc3nc(Nc4cc(CN5CCN(C(=O)CC(F)(F)F)CC5)ccn4)[nH]c3c2)cn1. The highest BCUT2D eigenvalue weighted by atomic mass is 19.4. The molecule has 9 nitrogen and oxygen atoms in total. The number of nitrogens with one attached hydrogen (secondary N) is 2. The first-order valence-electron chi connectivity index (χ1n) is 12.0. The normalized spacial score (nSPS) is 14.6. The number of piperazine rings is 1. The van der Waals surface area contributed by atoms with Gasteiger partial charge < -0.3 is 19.9 Å². The third kappa shape index (κ3) is 6.20. The topological polar surface area (TPSA) is 99.3 Å². The van der Waals surface area contributed by atoms with E-state index in [4.69, 9.17) is 4.74 Å². The number of nitrogens with zero attached hydrogens (tertiary/aromatic N) is 5. The minimum atomic E-state index is -4.48. The number of pyridine rings is 2. The number of carbonyl (C=O) groups is 1. The molecular weight excluding hydrogens is 499 g/mol. The predicted octanol–water partition coefficient (Wildman–Crippen LogP) is 4.37. The maximum Gasteiger partial charge on any atom is 0.397 e. The summed E-state index contributed by atoms with van der Waals surface area (Å²) in [6, 6.07) is 13.5. The van der Waals surface area contributed by atoms with Crippen molar-refractivity contribution in [3.8, 4) is 17.0 Å². The Bertz CT molecular complexity index is 1410. The number of imidazole rings is 1. The number of aromatic nitrogens is 4. The van der Waals surface area contributed by atoms with Gasteiger partial charge in [0.1, 0.15) is 12.2 Å². The number of hydrogen-bond acceptors (Lipinski definition) is 7. The van der Waals surface area contributed by atoms with Crippen LogP contribution in [0.25, 0.3) is 22.2 Å². The van der Waals surface area contributed by atoms with Crippen LogP contribution < -0.4 is 10.1 Å². The van der Waals surface area contributed by atoms with Crippen LogP contribution in [0.4, 0.5) is 24.9 Å². The number of hydrogen-bond donors (Lipinski definition) is 2. The standard InChI is InChI=1S/C26H26F3N7O2/c1-38-23-5-3-19(15-31-23)18-2-4-20-21(13-18)33-25(32-20)34-22-12-17(6-7-30-22)16-35-8-10-36(11-9-35)24(37)14-26(27,28)29/h2-7,12-13,15H,8-11,14,16H2,1H3,(H2,30,32,33,34). The fourth-order valence-corrected chi connectivity index (χ4v) is 4.38. The zero-order chi connectivity index (χ0) is 26.7. The molecule has 4 heterocycles. The Morgan fingerprint density at radius 3 is 2.55 bits per heavy atom.